The summed E-state index contributed by atoms with van der Waals surface area (Å²) in [6.45, 7) is 3.59. The molecule has 0 bridgehead atoms. The Morgan fingerprint density at radius 1 is 0.971 bits per heavy atom. The Kier molecular flexibility index (Phi) is 7.65. The molecule has 1 aliphatic carbocycles. The number of para-hydroxylation sites is 1. The van der Waals surface area contributed by atoms with Gasteiger partial charge in [-0.2, -0.15) is 0 Å². The first kappa shape index (κ1) is 24.3. The highest BCUT2D eigenvalue weighted by Gasteiger charge is 2.35. The third kappa shape index (κ3) is 5.80. The highest BCUT2D eigenvalue weighted by molar-refractivity contribution is 6.04. The van der Waals surface area contributed by atoms with Crippen molar-refractivity contribution in [3.8, 4) is 0 Å². The number of carbonyl (C=O) groups excluding carboxylic acids is 3. The van der Waals surface area contributed by atoms with Crippen LogP contribution in [0.25, 0.3) is 0 Å². The van der Waals surface area contributed by atoms with Crippen LogP contribution in [0.5, 0.6) is 0 Å². The third-order valence-electron chi connectivity index (χ3n) is 6.39. The van der Waals surface area contributed by atoms with E-state index in [9.17, 15) is 14.4 Å². The Morgan fingerprint density at radius 2 is 1.69 bits per heavy atom. The Balaban J connectivity index is 1.69. The standard InChI is InChI=1S/C28H31N3O4/c1-19-13-15-21(16-14-19)26(28(34)30-22-9-4-5-10-22)31(23-11-6-3-8-20(23)2)25(32)18-29-27(33)24-12-7-17-35-24/h3,6-8,11-17,22,26H,4-5,9-10,18H2,1-2H3,(H,29,33)(H,30,34)/t26-/m0/s1. The summed E-state index contributed by atoms with van der Waals surface area (Å²) in [5.41, 5.74) is 3.24. The lowest BCUT2D eigenvalue weighted by molar-refractivity contribution is -0.126. The van der Waals surface area contributed by atoms with Crippen molar-refractivity contribution in [3.63, 3.8) is 0 Å². The van der Waals surface area contributed by atoms with Gasteiger partial charge in [0, 0.05) is 11.7 Å². The average Bonchev–Trinajstić information content (AvgIpc) is 3.57. The normalized spacial score (nSPS) is 14.3. The second-order valence-corrected chi connectivity index (χ2v) is 9.01. The summed E-state index contributed by atoms with van der Waals surface area (Å²) in [5.74, 6) is -0.995. The van der Waals surface area contributed by atoms with Crippen molar-refractivity contribution in [2.45, 2.75) is 51.6 Å². The van der Waals surface area contributed by atoms with Gasteiger partial charge in [-0.05, 0) is 56.0 Å². The van der Waals surface area contributed by atoms with Crippen LogP contribution in [-0.4, -0.2) is 30.3 Å². The number of anilines is 1. The largest absolute Gasteiger partial charge is 0.459 e. The Morgan fingerprint density at radius 3 is 2.34 bits per heavy atom. The summed E-state index contributed by atoms with van der Waals surface area (Å²) in [6, 6.07) is 17.4. The van der Waals surface area contributed by atoms with E-state index in [1.165, 1.54) is 17.2 Å². The molecule has 1 fully saturated rings. The fraction of sp³-hybridized carbons (Fsp3) is 0.321. The molecule has 0 saturated heterocycles. The van der Waals surface area contributed by atoms with Gasteiger partial charge in [-0.25, -0.2) is 0 Å². The molecule has 0 aliphatic heterocycles. The maximum absolute atomic E-state index is 13.7. The summed E-state index contributed by atoms with van der Waals surface area (Å²) in [7, 11) is 0. The Bertz CT molecular complexity index is 1170. The van der Waals surface area contributed by atoms with Crippen molar-refractivity contribution in [2.75, 3.05) is 11.4 Å². The van der Waals surface area contributed by atoms with Crippen LogP contribution < -0.4 is 15.5 Å². The monoisotopic (exact) mass is 473 g/mol. The number of furan rings is 1. The minimum atomic E-state index is -0.884. The minimum absolute atomic E-state index is 0.0999. The number of aryl methyl sites for hydroxylation is 2. The number of nitrogens with zero attached hydrogens (tertiary/aromatic N) is 1. The van der Waals surface area contributed by atoms with Crippen molar-refractivity contribution in [1.29, 1.82) is 0 Å². The minimum Gasteiger partial charge on any atom is -0.459 e. The Hall–Kier alpha value is -3.87. The zero-order chi connectivity index (χ0) is 24.8. The van der Waals surface area contributed by atoms with E-state index in [0.29, 0.717) is 11.3 Å². The van der Waals surface area contributed by atoms with Gasteiger partial charge in [-0.1, -0.05) is 60.9 Å². The summed E-state index contributed by atoms with van der Waals surface area (Å²) < 4.78 is 5.13. The van der Waals surface area contributed by atoms with E-state index in [0.717, 1.165) is 36.8 Å². The van der Waals surface area contributed by atoms with Gasteiger partial charge in [0.25, 0.3) is 5.91 Å². The number of hydrogen-bond acceptors (Lipinski definition) is 4. The fourth-order valence-electron chi connectivity index (χ4n) is 4.50. The molecule has 3 amide bonds. The van der Waals surface area contributed by atoms with Crippen LogP contribution in [0.2, 0.25) is 0 Å². The smallest absolute Gasteiger partial charge is 0.287 e. The molecule has 2 N–H and O–H groups in total. The van der Waals surface area contributed by atoms with Crippen LogP contribution in [0.3, 0.4) is 0 Å². The summed E-state index contributed by atoms with van der Waals surface area (Å²) in [5, 5.41) is 5.80. The molecule has 7 heteroatoms. The van der Waals surface area contributed by atoms with Gasteiger partial charge in [0.1, 0.15) is 6.04 Å². The number of hydrogen-bond donors (Lipinski definition) is 2. The van der Waals surface area contributed by atoms with Crippen molar-refractivity contribution < 1.29 is 18.8 Å². The lowest BCUT2D eigenvalue weighted by atomic mass is 10.00. The second-order valence-electron chi connectivity index (χ2n) is 9.01. The van der Waals surface area contributed by atoms with Gasteiger partial charge < -0.3 is 15.1 Å². The zero-order valence-electron chi connectivity index (χ0n) is 20.1. The molecule has 7 nitrogen and oxygen atoms in total. The molecule has 2 aromatic carbocycles. The van der Waals surface area contributed by atoms with Gasteiger partial charge in [0.05, 0.1) is 12.8 Å². The van der Waals surface area contributed by atoms with Gasteiger partial charge in [-0.15, -0.1) is 0 Å². The third-order valence-corrected chi connectivity index (χ3v) is 6.39. The van der Waals surface area contributed by atoms with E-state index < -0.39 is 17.9 Å². The van der Waals surface area contributed by atoms with E-state index in [1.807, 2.05) is 62.4 Å². The summed E-state index contributed by atoms with van der Waals surface area (Å²) in [4.78, 5) is 41.4. The van der Waals surface area contributed by atoms with E-state index >= 15 is 0 Å². The molecule has 182 valence electrons. The fourth-order valence-corrected chi connectivity index (χ4v) is 4.50. The first-order valence-corrected chi connectivity index (χ1v) is 12.0. The number of nitrogens with one attached hydrogen (secondary N) is 2. The molecule has 0 spiro atoms. The second kappa shape index (κ2) is 11.0. The maximum Gasteiger partial charge on any atom is 0.287 e. The average molecular weight is 474 g/mol. The van der Waals surface area contributed by atoms with Crippen LogP contribution in [0.4, 0.5) is 5.69 Å². The van der Waals surface area contributed by atoms with Crippen molar-refractivity contribution >= 4 is 23.4 Å². The maximum atomic E-state index is 13.7. The first-order chi connectivity index (χ1) is 16.9. The molecule has 35 heavy (non-hydrogen) atoms. The first-order valence-electron chi connectivity index (χ1n) is 12.0. The molecule has 1 aliphatic rings. The number of benzene rings is 2. The van der Waals surface area contributed by atoms with E-state index in [1.54, 1.807) is 6.07 Å². The van der Waals surface area contributed by atoms with Gasteiger partial charge in [0.2, 0.25) is 11.8 Å². The highest BCUT2D eigenvalue weighted by Crippen LogP contribution is 2.31. The van der Waals surface area contributed by atoms with Gasteiger partial charge >= 0.3 is 0 Å². The molecular formula is C28H31N3O4. The van der Waals surface area contributed by atoms with Gasteiger partial charge in [0.15, 0.2) is 5.76 Å². The molecule has 1 heterocycles. The lowest BCUT2D eigenvalue weighted by Gasteiger charge is -2.33. The molecule has 1 aromatic heterocycles. The van der Waals surface area contributed by atoms with E-state index in [2.05, 4.69) is 10.6 Å². The van der Waals surface area contributed by atoms with Crippen molar-refractivity contribution in [1.82, 2.24) is 10.6 Å². The zero-order valence-corrected chi connectivity index (χ0v) is 20.1. The number of rotatable bonds is 8. The van der Waals surface area contributed by atoms with Crippen molar-refractivity contribution in [2.24, 2.45) is 0 Å². The summed E-state index contributed by atoms with van der Waals surface area (Å²) >= 11 is 0. The molecule has 1 atom stereocenters. The van der Waals surface area contributed by atoms with Crippen LogP contribution >= 0.6 is 0 Å². The molecule has 0 unspecified atom stereocenters. The van der Waals surface area contributed by atoms with Crippen LogP contribution in [0.15, 0.2) is 71.3 Å². The predicted octanol–water partition coefficient (Wildman–Crippen LogP) is 4.46. The SMILES string of the molecule is Cc1ccc([C@@H](C(=O)NC2CCCC2)N(C(=O)CNC(=O)c2ccco2)c2ccccc2C)cc1. The van der Waals surface area contributed by atoms with E-state index in [4.69, 9.17) is 4.42 Å². The lowest BCUT2D eigenvalue weighted by Crippen LogP contribution is -2.49. The molecule has 4 rings (SSSR count). The van der Waals surface area contributed by atoms with Crippen LogP contribution in [-0.2, 0) is 9.59 Å². The van der Waals surface area contributed by atoms with Crippen LogP contribution in [0.1, 0.15) is 59.0 Å². The van der Waals surface area contributed by atoms with Crippen molar-refractivity contribution in [3.05, 3.63) is 89.4 Å². The molecular weight excluding hydrogens is 442 g/mol. The topological polar surface area (TPSA) is 91.7 Å². The predicted molar refractivity (Wildman–Crippen MR) is 134 cm³/mol. The van der Waals surface area contributed by atoms with Gasteiger partial charge in [-0.3, -0.25) is 19.3 Å². The Labute approximate surface area is 205 Å². The highest BCUT2D eigenvalue weighted by atomic mass is 16.3. The molecule has 3 aromatic rings. The van der Waals surface area contributed by atoms with E-state index in [-0.39, 0.29) is 24.3 Å². The van der Waals surface area contributed by atoms with Crippen LogP contribution in [0, 0.1) is 13.8 Å². The quantitative estimate of drug-likeness (QED) is 0.505. The molecule has 1 saturated carbocycles. The number of amides is 3. The summed E-state index contributed by atoms with van der Waals surface area (Å²) in [6.07, 6.45) is 5.43. The number of carbonyl (C=O) groups is 3. The molecule has 0 radical (unpaired) electrons.